The van der Waals surface area contributed by atoms with E-state index in [1.807, 2.05) is 30.3 Å². The molecular weight excluding hydrogens is 402 g/mol. The molecule has 2 unspecified atom stereocenters. The molecule has 1 fully saturated rings. The number of fused-ring (bicyclic) bond motifs is 4. The molecular formula is C22H25N3O6. The summed E-state index contributed by atoms with van der Waals surface area (Å²) in [6.45, 7) is 2.18. The van der Waals surface area contributed by atoms with Crippen molar-refractivity contribution in [2.75, 3.05) is 6.61 Å². The van der Waals surface area contributed by atoms with Crippen molar-refractivity contribution in [3.63, 3.8) is 0 Å². The van der Waals surface area contributed by atoms with Gasteiger partial charge in [-0.15, -0.1) is 0 Å². The average Bonchev–Trinajstić information content (AvgIpc) is 2.76. The molecule has 0 radical (unpaired) electrons. The van der Waals surface area contributed by atoms with Gasteiger partial charge >= 0.3 is 12.1 Å². The molecule has 0 saturated heterocycles. The zero-order valence-corrected chi connectivity index (χ0v) is 17.3. The third-order valence-corrected chi connectivity index (χ3v) is 5.89. The molecule has 1 amide bonds. The highest BCUT2D eigenvalue weighted by molar-refractivity contribution is 5.90. The summed E-state index contributed by atoms with van der Waals surface area (Å²) in [6.07, 6.45) is 2.22. The number of alkyl carbamates (subject to hydrolysis) is 1. The fourth-order valence-electron chi connectivity index (χ4n) is 4.55. The van der Waals surface area contributed by atoms with Crippen LogP contribution in [0.15, 0.2) is 35.1 Å². The fraction of sp³-hybridized carbons (Fsp3) is 0.455. The summed E-state index contributed by atoms with van der Waals surface area (Å²) in [5, 5.41) is 13.2. The Hall–Kier alpha value is -3.36. The number of rotatable bonds is 5. The quantitative estimate of drug-likeness (QED) is 0.703. The van der Waals surface area contributed by atoms with Gasteiger partial charge in [0.15, 0.2) is 5.69 Å². The molecule has 2 aromatic rings. The van der Waals surface area contributed by atoms with E-state index in [9.17, 15) is 19.5 Å². The van der Waals surface area contributed by atoms with Crippen molar-refractivity contribution in [1.29, 1.82) is 0 Å². The zero-order chi connectivity index (χ0) is 22.0. The first-order chi connectivity index (χ1) is 14.9. The third-order valence-electron chi connectivity index (χ3n) is 5.89. The van der Waals surface area contributed by atoms with Crippen LogP contribution in [0.3, 0.4) is 0 Å². The molecule has 0 spiro atoms. The average molecular weight is 427 g/mol. The van der Waals surface area contributed by atoms with E-state index in [2.05, 4.69) is 10.3 Å². The normalized spacial score (nSPS) is 21.6. The van der Waals surface area contributed by atoms with Crippen LogP contribution in [0.4, 0.5) is 4.79 Å². The highest BCUT2D eigenvalue weighted by atomic mass is 16.5. The topological polar surface area (TPSA) is 120 Å². The smallest absolute Gasteiger partial charge is 0.408 e. The third kappa shape index (κ3) is 3.99. The Bertz CT molecular complexity index is 1050. The molecule has 2 bridgehead atoms. The first kappa shape index (κ1) is 20.9. The van der Waals surface area contributed by atoms with Crippen molar-refractivity contribution in [3.8, 4) is 5.75 Å². The Balaban J connectivity index is 1.66. The summed E-state index contributed by atoms with van der Waals surface area (Å²) >= 11 is 0. The van der Waals surface area contributed by atoms with E-state index in [0.29, 0.717) is 19.4 Å². The van der Waals surface area contributed by atoms with Crippen molar-refractivity contribution >= 4 is 12.1 Å². The molecule has 2 heterocycles. The lowest BCUT2D eigenvalue weighted by Gasteiger charge is -2.45. The second kappa shape index (κ2) is 8.41. The number of aromatic nitrogens is 2. The molecule has 2 aliphatic rings. The van der Waals surface area contributed by atoms with Gasteiger partial charge in [-0.05, 0) is 37.7 Å². The number of hydrogen-bond acceptors (Lipinski definition) is 7. The van der Waals surface area contributed by atoms with Gasteiger partial charge in [-0.2, -0.15) is 0 Å². The molecule has 1 aromatic carbocycles. The van der Waals surface area contributed by atoms with E-state index in [4.69, 9.17) is 9.47 Å². The van der Waals surface area contributed by atoms with Crippen molar-refractivity contribution < 1.29 is 24.2 Å². The number of ether oxygens (including phenoxy) is 2. The van der Waals surface area contributed by atoms with Gasteiger partial charge < -0.3 is 19.9 Å². The van der Waals surface area contributed by atoms with Crippen LogP contribution >= 0.6 is 0 Å². The SMILES string of the molecule is CCOC(=O)c1nc2n(c(=O)c1O)CC1CCCC2(NC(=O)OCc2ccccc2)C1. The maximum absolute atomic E-state index is 12.8. The van der Waals surface area contributed by atoms with Gasteiger partial charge in [0.1, 0.15) is 18.0 Å². The summed E-state index contributed by atoms with van der Waals surface area (Å²) < 4.78 is 11.7. The Morgan fingerprint density at radius 3 is 2.81 bits per heavy atom. The number of carbonyl (C=O) groups is 2. The molecule has 1 saturated carbocycles. The second-order valence-electron chi connectivity index (χ2n) is 8.00. The lowest BCUT2D eigenvalue weighted by molar-refractivity contribution is 0.0509. The standard InChI is InChI=1S/C22H25N3O6/c1-2-30-19(28)16-17(26)18(27)25-12-15-9-6-10-22(11-15,20(25)23-16)24-21(29)31-13-14-7-4-3-5-8-14/h3-5,7-8,15,26H,2,6,9-13H2,1H3,(H,24,29). The number of nitrogens with zero attached hydrogens (tertiary/aromatic N) is 2. The van der Waals surface area contributed by atoms with E-state index in [0.717, 1.165) is 18.4 Å². The molecule has 9 heteroatoms. The Kier molecular flexibility index (Phi) is 5.67. The van der Waals surface area contributed by atoms with E-state index in [-0.39, 0.29) is 25.0 Å². The number of esters is 1. The summed E-state index contributed by atoms with van der Waals surface area (Å²) in [4.78, 5) is 42.1. The first-order valence-electron chi connectivity index (χ1n) is 10.4. The fourth-order valence-corrected chi connectivity index (χ4v) is 4.55. The second-order valence-corrected chi connectivity index (χ2v) is 8.00. The summed E-state index contributed by atoms with van der Waals surface area (Å²) in [7, 11) is 0. The number of hydrogen-bond donors (Lipinski definition) is 2. The monoisotopic (exact) mass is 427 g/mol. The number of carbonyl (C=O) groups excluding carboxylic acids is 2. The Labute approximate surface area is 179 Å². The van der Waals surface area contributed by atoms with Crippen LogP contribution in [-0.2, 0) is 28.2 Å². The van der Waals surface area contributed by atoms with Crippen molar-refractivity contribution in [2.45, 2.75) is 51.3 Å². The van der Waals surface area contributed by atoms with Gasteiger partial charge in [-0.1, -0.05) is 36.8 Å². The highest BCUT2D eigenvalue weighted by Crippen LogP contribution is 2.43. The predicted molar refractivity (Wildman–Crippen MR) is 110 cm³/mol. The Morgan fingerprint density at radius 2 is 2.06 bits per heavy atom. The number of benzene rings is 1. The molecule has 31 heavy (non-hydrogen) atoms. The van der Waals surface area contributed by atoms with Crippen LogP contribution in [0, 0.1) is 5.92 Å². The van der Waals surface area contributed by atoms with E-state index in [1.54, 1.807) is 6.92 Å². The number of aromatic hydroxyl groups is 1. The van der Waals surface area contributed by atoms with E-state index < -0.39 is 34.6 Å². The lowest BCUT2D eigenvalue weighted by Crippen LogP contribution is -2.56. The lowest BCUT2D eigenvalue weighted by atomic mass is 9.72. The maximum atomic E-state index is 12.8. The molecule has 4 rings (SSSR count). The van der Waals surface area contributed by atoms with Crippen molar-refractivity contribution in [3.05, 3.63) is 57.8 Å². The summed E-state index contributed by atoms with van der Waals surface area (Å²) in [5.74, 6) is -1.21. The van der Waals surface area contributed by atoms with Crippen LogP contribution in [0.5, 0.6) is 5.75 Å². The molecule has 9 nitrogen and oxygen atoms in total. The van der Waals surface area contributed by atoms with Gasteiger partial charge in [-0.25, -0.2) is 14.6 Å². The minimum atomic E-state index is -0.955. The van der Waals surface area contributed by atoms with Gasteiger partial charge in [0.25, 0.3) is 5.56 Å². The van der Waals surface area contributed by atoms with Crippen LogP contribution in [0.1, 0.15) is 54.5 Å². The molecule has 1 aliphatic carbocycles. The Morgan fingerprint density at radius 1 is 1.29 bits per heavy atom. The van der Waals surface area contributed by atoms with Gasteiger partial charge in [0.2, 0.25) is 5.75 Å². The summed E-state index contributed by atoms with van der Waals surface area (Å²) in [5.41, 5.74) is -1.24. The van der Waals surface area contributed by atoms with Crippen molar-refractivity contribution in [2.24, 2.45) is 5.92 Å². The predicted octanol–water partition coefficient (Wildman–Crippen LogP) is 2.45. The van der Waals surface area contributed by atoms with Gasteiger partial charge in [-0.3, -0.25) is 9.36 Å². The maximum Gasteiger partial charge on any atom is 0.408 e. The first-order valence-corrected chi connectivity index (χ1v) is 10.4. The molecule has 1 aromatic heterocycles. The molecule has 1 aliphatic heterocycles. The van der Waals surface area contributed by atoms with Crippen LogP contribution in [0.2, 0.25) is 0 Å². The highest BCUT2D eigenvalue weighted by Gasteiger charge is 2.47. The van der Waals surface area contributed by atoms with E-state index in [1.165, 1.54) is 4.57 Å². The minimum Gasteiger partial charge on any atom is -0.501 e. The zero-order valence-electron chi connectivity index (χ0n) is 17.3. The van der Waals surface area contributed by atoms with Crippen LogP contribution < -0.4 is 10.9 Å². The van der Waals surface area contributed by atoms with Crippen molar-refractivity contribution in [1.82, 2.24) is 14.9 Å². The van der Waals surface area contributed by atoms with Gasteiger partial charge in [0.05, 0.1) is 6.61 Å². The molecule has 2 N–H and O–H groups in total. The van der Waals surface area contributed by atoms with Gasteiger partial charge in [0, 0.05) is 6.54 Å². The number of amides is 1. The minimum absolute atomic E-state index is 0.0790. The van der Waals surface area contributed by atoms with Crippen LogP contribution in [0.25, 0.3) is 0 Å². The molecule has 164 valence electrons. The van der Waals surface area contributed by atoms with Crippen LogP contribution in [-0.4, -0.2) is 33.3 Å². The largest absolute Gasteiger partial charge is 0.501 e. The molecule has 2 atom stereocenters. The number of nitrogens with one attached hydrogen (secondary N) is 1. The summed E-state index contributed by atoms with van der Waals surface area (Å²) in [6, 6.07) is 9.31. The van der Waals surface area contributed by atoms with E-state index >= 15 is 0 Å².